The number of carbonyl (C=O) groups is 3. The maximum Gasteiger partial charge on any atom is 0.306 e. The van der Waals surface area contributed by atoms with Gasteiger partial charge in [0.25, 0.3) is 5.91 Å². The topological polar surface area (TPSA) is 120 Å². The molecule has 0 spiro atoms. The Morgan fingerprint density at radius 3 is 2.69 bits per heavy atom. The van der Waals surface area contributed by atoms with Crippen LogP contribution in [-0.2, 0) is 25.6 Å². The quantitative estimate of drug-likeness (QED) is 0.546. The Labute approximate surface area is 188 Å². The first kappa shape index (κ1) is 24.0. The van der Waals surface area contributed by atoms with Crippen molar-refractivity contribution in [2.45, 2.75) is 57.9 Å². The highest BCUT2D eigenvalue weighted by atomic mass is 16.6. The van der Waals surface area contributed by atoms with Crippen LogP contribution in [0.5, 0.6) is 5.75 Å². The van der Waals surface area contributed by atoms with Gasteiger partial charge in [-0.25, -0.2) is 0 Å². The lowest BCUT2D eigenvalue weighted by Gasteiger charge is -2.25. The molecule has 1 aromatic carbocycles. The molecule has 0 saturated carbocycles. The minimum Gasteiger partial charge on any atom is -0.489 e. The summed E-state index contributed by atoms with van der Waals surface area (Å²) >= 11 is 0. The lowest BCUT2D eigenvalue weighted by Crippen LogP contribution is -2.45. The Morgan fingerprint density at radius 1 is 1.28 bits per heavy atom. The average Bonchev–Trinajstić information content (AvgIpc) is 3.25. The summed E-state index contributed by atoms with van der Waals surface area (Å²) in [6, 6.07) is 4.42. The third kappa shape index (κ3) is 5.77. The molecule has 176 valence electrons. The zero-order valence-corrected chi connectivity index (χ0v) is 19.2. The van der Waals surface area contributed by atoms with E-state index in [1.807, 2.05) is 6.07 Å². The minimum atomic E-state index is -0.892. The Balaban J connectivity index is 1.67. The smallest absolute Gasteiger partial charge is 0.306 e. The van der Waals surface area contributed by atoms with E-state index in [1.165, 1.54) is 4.90 Å². The van der Waals surface area contributed by atoms with Crippen molar-refractivity contribution in [2.24, 2.45) is 11.7 Å². The number of primary amides is 1. The van der Waals surface area contributed by atoms with Gasteiger partial charge in [-0.05, 0) is 51.0 Å². The molecular weight excluding hydrogens is 414 g/mol. The first-order valence-corrected chi connectivity index (χ1v) is 10.9. The number of nitrogens with zero attached hydrogens (tertiary/aromatic N) is 1. The number of nitrogens with one attached hydrogen (secondary N) is 1. The lowest BCUT2D eigenvalue weighted by molar-refractivity contribution is -0.155. The third-order valence-electron chi connectivity index (χ3n) is 5.60. The molecule has 0 aromatic heterocycles. The van der Waals surface area contributed by atoms with Gasteiger partial charge in [-0.15, -0.1) is 0 Å². The number of esters is 1. The normalized spacial score (nSPS) is 21.4. The fourth-order valence-electron chi connectivity index (χ4n) is 4.15. The molecule has 9 heteroatoms. The number of amides is 2. The van der Waals surface area contributed by atoms with Crippen molar-refractivity contribution in [2.75, 3.05) is 26.8 Å². The summed E-state index contributed by atoms with van der Waals surface area (Å²) in [4.78, 5) is 38.5. The summed E-state index contributed by atoms with van der Waals surface area (Å²) in [6.07, 6.45) is 0.0859. The van der Waals surface area contributed by atoms with Crippen molar-refractivity contribution in [3.8, 4) is 5.75 Å². The Kier molecular flexibility index (Phi) is 7.40. The van der Waals surface area contributed by atoms with Gasteiger partial charge in [0.15, 0.2) is 0 Å². The van der Waals surface area contributed by atoms with Crippen LogP contribution >= 0.6 is 0 Å². The molecule has 3 N–H and O–H groups in total. The van der Waals surface area contributed by atoms with Crippen molar-refractivity contribution in [1.82, 2.24) is 10.2 Å². The molecule has 2 amide bonds. The van der Waals surface area contributed by atoms with Gasteiger partial charge in [0.2, 0.25) is 5.91 Å². The molecule has 32 heavy (non-hydrogen) atoms. The van der Waals surface area contributed by atoms with Gasteiger partial charge in [0.1, 0.15) is 23.5 Å². The minimum absolute atomic E-state index is 0.00503. The van der Waals surface area contributed by atoms with Gasteiger partial charge < -0.3 is 30.2 Å². The molecule has 1 aromatic rings. The summed E-state index contributed by atoms with van der Waals surface area (Å²) in [5.74, 6) is -0.444. The van der Waals surface area contributed by atoms with Crippen LogP contribution in [0.3, 0.4) is 0 Å². The van der Waals surface area contributed by atoms with E-state index in [9.17, 15) is 14.4 Å². The van der Waals surface area contributed by atoms with Crippen LogP contribution in [0.4, 0.5) is 0 Å². The molecule has 1 fully saturated rings. The van der Waals surface area contributed by atoms with E-state index in [4.69, 9.17) is 19.9 Å². The number of ether oxygens (including phenoxy) is 3. The Morgan fingerprint density at radius 2 is 2.03 bits per heavy atom. The van der Waals surface area contributed by atoms with E-state index < -0.39 is 23.5 Å². The van der Waals surface area contributed by atoms with Gasteiger partial charge in [-0.1, -0.05) is 0 Å². The number of hydrogen-bond donors (Lipinski definition) is 2. The Bertz CT molecular complexity index is 866. The summed E-state index contributed by atoms with van der Waals surface area (Å²) in [6.45, 7) is 7.71. The summed E-state index contributed by atoms with van der Waals surface area (Å²) in [5, 5.41) is 3.30. The molecule has 3 atom stereocenters. The number of carbonyl (C=O) groups excluding carboxylic acids is 3. The van der Waals surface area contributed by atoms with Crippen molar-refractivity contribution in [3.05, 3.63) is 29.3 Å². The highest BCUT2D eigenvalue weighted by Crippen LogP contribution is 2.30. The molecule has 2 aliphatic rings. The number of rotatable bonds is 9. The number of hydrogen-bond acceptors (Lipinski definition) is 7. The highest BCUT2D eigenvalue weighted by molar-refractivity contribution is 6.01. The first-order chi connectivity index (χ1) is 15.1. The predicted molar refractivity (Wildman–Crippen MR) is 117 cm³/mol. The van der Waals surface area contributed by atoms with Crippen molar-refractivity contribution in [1.29, 1.82) is 0 Å². The van der Waals surface area contributed by atoms with Gasteiger partial charge in [0.05, 0.1) is 6.61 Å². The molecule has 0 radical (unpaired) electrons. The summed E-state index contributed by atoms with van der Waals surface area (Å²) in [5.41, 5.74) is 6.24. The van der Waals surface area contributed by atoms with Crippen molar-refractivity contribution < 1.29 is 28.6 Å². The fourth-order valence-corrected chi connectivity index (χ4v) is 4.15. The standard InChI is InChI=1S/C23H33N3O6/c1-23(2,3)32-20(27)8-7-18(21(24)28)26-12-14-9-16(5-6-17(14)22(26)29)31-19-11-25-10-15(19)13-30-4/h5-6,9,15,18-19,25H,7-8,10-13H2,1-4H3,(H2,24,28)/t15-,18-,19+/m0/s1. The van der Waals surface area contributed by atoms with Crippen LogP contribution in [0.25, 0.3) is 0 Å². The van der Waals surface area contributed by atoms with Crippen molar-refractivity contribution >= 4 is 17.8 Å². The average molecular weight is 448 g/mol. The largest absolute Gasteiger partial charge is 0.489 e. The highest BCUT2D eigenvalue weighted by Gasteiger charge is 2.36. The van der Waals surface area contributed by atoms with E-state index in [2.05, 4.69) is 5.32 Å². The summed E-state index contributed by atoms with van der Waals surface area (Å²) < 4.78 is 16.7. The maximum absolute atomic E-state index is 12.9. The molecule has 2 heterocycles. The zero-order chi connectivity index (χ0) is 23.5. The van der Waals surface area contributed by atoms with Crippen LogP contribution in [0.1, 0.15) is 49.5 Å². The first-order valence-electron chi connectivity index (χ1n) is 10.9. The monoisotopic (exact) mass is 447 g/mol. The van der Waals surface area contributed by atoms with Crippen LogP contribution in [0.2, 0.25) is 0 Å². The fraction of sp³-hybridized carbons (Fsp3) is 0.609. The van der Waals surface area contributed by atoms with Crippen LogP contribution in [-0.4, -0.2) is 67.2 Å². The molecule has 0 bridgehead atoms. The molecule has 3 rings (SSSR count). The van der Waals surface area contributed by atoms with Gasteiger partial charge in [0, 0.05) is 44.6 Å². The molecule has 0 unspecified atom stereocenters. The van der Waals surface area contributed by atoms with Gasteiger partial charge in [-0.3, -0.25) is 14.4 Å². The van der Waals surface area contributed by atoms with E-state index in [1.54, 1.807) is 40.0 Å². The predicted octanol–water partition coefficient (Wildman–Crippen LogP) is 1.23. The molecule has 0 aliphatic carbocycles. The third-order valence-corrected chi connectivity index (χ3v) is 5.60. The Hall–Kier alpha value is -2.65. The van der Waals surface area contributed by atoms with E-state index in [0.29, 0.717) is 17.9 Å². The van der Waals surface area contributed by atoms with E-state index in [-0.39, 0.29) is 37.3 Å². The van der Waals surface area contributed by atoms with Gasteiger partial charge in [-0.2, -0.15) is 0 Å². The molecule has 2 aliphatic heterocycles. The number of fused-ring (bicyclic) bond motifs is 1. The second-order valence-electron chi connectivity index (χ2n) is 9.33. The maximum atomic E-state index is 12.9. The SMILES string of the molecule is COC[C@@H]1CNC[C@H]1Oc1ccc2c(c1)CN([C@@H](CCC(=O)OC(C)(C)C)C(N)=O)C2=O. The zero-order valence-electron chi connectivity index (χ0n) is 19.2. The second-order valence-corrected chi connectivity index (χ2v) is 9.33. The molecule has 9 nitrogen and oxygen atoms in total. The van der Waals surface area contributed by atoms with Crippen molar-refractivity contribution in [3.63, 3.8) is 0 Å². The van der Waals surface area contributed by atoms with Crippen LogP contribution in [0, 0.1) is 5.92 Å². The van der Waals surface area contributed by atoms with Crippen LogP contribution in [0.15, 0.2) is 18.2 Å². The molecular formula is C23H33N3O6. The van der Waals surface area contributed by atoms with E-state index in [0.717, 1.165) is 18.7 Å². The second kappa shape index (κ2) is 9.87. The van der Waals surface area contributed by atoms with Crippen LogP contribution < -0.4 is 15.8 Å². The number of benzene rings is 1. The van der Waals surface area contributed by atoms with Gasteiger partial charge >= 0.3 is 5.97 Å². The number of nitrogens with two attached hydrogens (primary N) is 1. The number of methoxy groups -OCH3 is 1. The summed E-state index contributed by atoms with van der Waals surface area (Å²) in [7, 11) is 1.67. The van der Waals surface area contributed by atoms with E-state index >= 15 is 0 Å². The lowest BCUT2D eigenvalue weighted by atomic mass is 10.1. The molecule has 1 saturated heterocycles.